The summed E-state index contributed by atoms with van der Waals surface area (Å²) in [5, 5.41) is 0.654. The Bertz CT molecular complexity index is 481. The van der Waals surface area contributed by atoms with Crippen LogP contribution in [0.4, 0.5) is 0 Å². The molecule has 18 heavy (non-hydrogen) atoms. The first-order chi connectivity index (χ1) is 8.28. The maximum atomic E-state index is 6.76. The third-order valence-corrected chi connectivity index (χ3v) is 9.42. The Kier molecular flexibility index (Phi) is 2.40. The second-order valence-corrected chi connectivity index (χ2v) is 8.90. The summed E-state index contributed by atoms with van der Waals surface area (Å²) in [6, 6.07) is 0. The lowest BCUT2D eigenvalue weighted by atomic mass is 9.75. The third-order valence-electron chi connectivity index (χ3n) is 5.12. The predicted octanol–water partition coefficient (Wildman–Crippen LogP) is 5.27. The van der Waals surface area contributed by atoms with Gasteiger partial charge in [0.15, 0.2) is 4.33 Å². The van der Waals surface area contributed by atoms with Crippen LogP contribution in [-0.4, -0.2) is 14.1 Å². The molecule has 4 rings (SSSR count). The first-order valence-electron chi connectivity index (χ1n) is 5.78. The van der Waals surface area contributed by atoms with Crippen molar-refractivity contribution in [2.45, 2.75) is 20.5 Å². The van der Waals surface area contributed by atoms with Crippen molar-refractivity contribution < 1.29 is 0 Å². The second-order valence-electron chi connectivity index (χ2n) is 5.63. The van der Waals surface area contributed by atoms with Crippen LogP contribution in [0.5, 0.6) is 0 Å². The summed E-state index contributed by atoms with van der Waals surface area (Å²) in [6.07, 6.45) is 5.40. The maximum Gasteiger partial charge on any atom is 0.166 e. The standard InChI is InChI=1S/C12H8Cl6/c13-8-9(14)11(16)7-5-2-1-4(3-5)6(7)10(8,15)12(11,17)18/h1-2,4-7H,3H2/t4?,5?,6-,7+,10-,11+. The van der Waals surface area contributed by atoms with Crippen LogP contribution in [0.25, 0.3) is 0 Å². The van der Waals surface area contributed by atoms with Gasteiger partial charge in [0.25, 0.3) is 0 Å². The monoisotopic (exact) mass is 362 g/mol. The summed E-state index contributed by atoms with van der Waals surface area (Å²) in [4.78, 5) is -2.13. The van der Waals surface area contributed by atoms with Gasteiger partial charge in [-0.25, -0.2) is 0 Å². The predicted molar refractivity (Wildman–Crippen MR) is 78.1 cm³/mol. The summed E-state index contributed by atoms with van der Waals surface area (Å²) in [6.45, 7) is 0. The smallest absolute Gasteiger partial charge is 0.109 e. The van der Waals surface area contributed by atoms with Gasteiger partial charge >= 0.3 is 0 Å². The molecule has 0 aromatic rings. The molecule has 98 valence electrons. The van der Waals surface area contributed by atoms with E-state index in [1.165, 1.54) is 0 Å². The molecule has 0 saturated heterocycles. The molecule has 2 saturated carbocycles. The van der Waals surface area contributed by atoms with Gasteiger partial charge in [-0.05, 0) is 30.1 Å². The van der Waals surface area contributed by atoms with Crippen LogP contribution in [-0.2, 0) is 0 Å². The molecule has 0 spiro atoms. The Balaban J connectivity index is 2.03. The molecule has 0 N–H and O–H groups in total. The molecule has 0 aliphatic heterocycles. The fourth-order valence-corrected chi connectivity index (χ4v) is 7.61. The first kappa shape index (κ1) is 12.9. The fourth-order valence-electron chi connectivity index (χ4n) is 4.48. The zero-order valence-corrected chi connectivity index (χ0v) is 13.5. The summed E-state index contributed by atoms with van der Waals surface area (Å²) < 4.78 is -1.37. The molecular formula is C12H8Cl6. The number of alkyl halides is 4. The SMILES string of the molecule is ClC1=C(Cl)[C@]2(Cl)[C@@H]3C4C=CC(C4)[C@@H]3[C@@]1(Cl)C2(Cl)Cl. The minimum Gasteiger partial charge on any atom is -0.109 e. The van der Waals surface area contributed by atoms with Crippen molar-refractivity contribution in [1.29, 1.82) is 0 Å². The van der Waals surface area contributed by atoms with Crippen LogP contribution in [0.15, 0.2) is 22.2 Å². The largest absolute Gasteiger partial charge is 0.166 e. The van der Waals surface area contributed by atoms with Gasteiger partial charge < -0.3 is 0 Å². The minimum atomic E-state index is -1.37. The highest BCUT2D eigenvalue weighted by Gasteiger charge is 2.85. The van der Waals surface area contributed by atoms with Crippen LogP contribution >= 0.6 is 69.6 Å². The normalized spacial score (nSPS) is 58.8. The summed E-state index contributed by atoms with van der Waals surface area (Å²) in [5.41, 5.74) is 0. The van der Waals surface area contributed by atoms with Gasteiger partial charge in [0.2, 0.25) is 0 Å². The van der Waals surface area contributed by atoms with E-state index >= 15 is 0 Å². The van der Waals surface area contributed by atoms with E-state index in [1.54, 1.807) is 0 Å². The van der Waals surface area contributed by atoms with E-state index < -0.39 is 14.1 Å². The quantitative estimate of drug-likeness (QED) is 0.312. The number of rotatable bonds is 0. The first-order valence-corrected chi connectivity index (χ1v) is 8.05. The Morgan fingerprint density at radius 2 is 1.22 bits per heavy atom. The third kappa shape index (κ3) is 0.973. The molecule has 0 nitrogen and oxygen atoms in total. The molecule has 4 aliphatic rings. The minimum absolute atomic E-state index is 0.0664. The summed E-state index contributed by atoms with van der Waals surface area (Å²) in [5.74, 6) is 0.815. The van der Waals surface area contributed by atoms with Crippen molar-refractivity contribution in [2.75, 3.05) is 0 Å². The van der Waals surface area contributed by atoms with Crippen molar-refractivity contribution in [3.63, 3.8) is 0 Å². The van der Waals surface area contributed by atoms with Gasteiger partial charge in [0, 0.05) is 0 Å². The average molecular weight is 365 g/mol. The zero-order valence-electron chi connectivity index (χ0n) is 8.94. The maximum absolute atomic E-state index is 6.76. The van der Waals surface area contributed by atoms with Crippen molar-refractivity contribution in [2.24, 2.45) is 23.7 Å². The van der Waals surface area contributed by atoms with E-state index in [-0.39, 0.29) is 11.8 Å². The molecule has 0 aromatic carbocycles. The van der Waals surface area contributed by atoms with E-state index in [0.29, 0.717) is 21.9 Å². The van der Waals surface area contributed by atoms with E-state index in [1.807, 2.05) is 0 Å². The molecule has 0 aromatic heterocycles. The Hall–Kier alpha value is 1.22. The highest BCUT2D eigenvalue weighted by molar-refractivity contribution is 6.65. The molecule has 0 heterocycles. The second kappa shape index (κ2) is 3.34. The summed E-state index contributed by atoms with van der Waals surface area (Å²) in [7, 11) is 0. The summed E-state index contributed by atoms with van der Waals surface area (Å²) >= 11 is 39.2. The average Bonchev–Trinajstić information content (AvgIpc) is 2.97. The number of hydrogen-bond donors (Lipinski definition) is 0. The Morgan fingerprint density at radius 3 is 1.61 bits per heavy atom. The van der Waals surface area contributed by atoms with Crippen molar-refractivity contribution in [3.8, 4) is 0 Å². The van der Waals surface area contributed by atoms with E-state index in [9.17, 15) is 0 Å². The lowest BCUT2D eigenvalue weighted by Crippen LogP contribution is -2.46. The van der Waals surface area contributed by atoms with Gasteiger partial charge in [0.1, 0.15) is 9.75 Å². The molecule has 2 fully saturated rings. The molecule has 6 atom stereocenters. The number of allylic oxidation sites excluding steroid dienone is 4. The fraction of sp³-hybridized carbons (Fsp3) is 0.667. The van der Waals surface area contributed by atoms with Crippen LogP contribution in [0, 0.1) is 23.7 Å². The van der Waals surface area contributed by atoms with Crippen molar-refractivity contribution in [3.05, 3.63) is 22.2 Å². The van der Waals surface area contributed by atoms with Gasteiger partial charge in [-0.15, -0.1) is 23.2 Å². The molecule has 4 aliphatic carbocycles. The lowest BCUT2D eigenvalue weighted by Gasteiger charge is -2.37. The van der Waals surface area contributed by atoms with E-state index in [4.69, 9.17) is 69.6 Å². The zero-order chi connectivity index (χ0) is 13.1. The number of fused-ring (bicyclic) bond motifs is 9. The van der Waals surface area contributed by atoms with Crippen molar-refractivity contribution >= 4 is 69.6 Å². The van der Waals surface area contributed by atoms with Gasteiger partial charge in [-0.2, -0.15) is 0 Å². The molecule has 2 unspecified atom stereocenters. The van der Waals surface area contributed by atoms with Crippen LogP contribution in [0.2, 0.25) is 0 Å². The topological polar surface area (TPSA) is 0 Å². The van der Waals surface area contributed by atoms with Gasteiger partial charge in [-0.3, -0.25) is 0 Å². The van der Waals surface area contributed by atoms with Crippen LogP contribution < -0.4 is 0 Å². The molecular weight excluding hydrogens is 357 g/mol. The Morgan fingerprint density at radius 1 is 0.833 bits per heavy atom. The number of hydrogen-bond acceptors (Lipinski definition) is 0. The Labute approximate surface area is 135 Å². The highest BCUT2D eigenvalue weighted by Crippen LogP contribution is 2.81. The molecule has 0 radical (unpaired) electrons. The highest BCUT2D eigenvalue weighted by atomic mass is 35.5. The van der Waals surface area contributed by atoms with Gasteiger partial charge in [-0.1, -0.05) is 58.6 Å². The van der Waals surface area contributed by atoms with Crippen molar-refractivity contribution in [1.82, 2.24) is 0 Å². The number of halogens is 6. The molecule has 6 heteroatoms. The van der Waals surface area contributed by atoms with Gasteiger partial charge in [0.05, 0.1) is 10.1 Å². The molecule has 0 amide bonds. The van der Waals surface area contributed by atoms with Crippen LogP contribution in [0.1, 0.15) is 6.42 Å². The van der Waals surface area contributed by atoms with E-state index in [2.05, 4.69) is 12.2 Å². The van der Waals surface area contributed by atoms with Crippen LogP contribution in [0.3, 0.4) is 0 Å². The lowest BCUT2D eigenvalue weighted by molar-refractivity contribution is 0.305. The molecule has 4 bridgehead atoms. The van der Waals surface area contributed by atoms with E-state index in [0.717, 1.165) is 6.42 Å².